The van der Waals surface area contributed by atoms with Crippen molar-refractivity contribution < 1.29 is 9.53 Å². The van der Waals surface area contributed by atoms with Gasteiger partial charge in [0.05, 0.1) is 18.5 Å². The van der Waals surface area contributed by atoms with Crippen LogP contribution in [-0.4, -0.2) is 38.3 Å². The van der Waals surface area contributed by atoms with Crippen molar-refractivity contribution in [2.75, 3.05) is 11.9 Å². The Bertz CT molecular complexity index is 752. The van der Waals surface area contributed by atoms with Crippen molar-refractivity contribution in [3.63, 3.8) is 0 Å². The van der Waals surface area contributed by atoms with E-state index in [1.54, 1.807) is 25.4 Å². The fourth-order valence-electron chi connectivity index (χ4n) is 3.26. The molecule has 1 aliphatic rings. The molecular weight excluding hydrogens is 344 g/mol. The maximum atomic E-state index is 11.1. The second-order valence-corrected chi connectivity index (χ2v) is 7.38. The van der Waals surface area contributed by atoms with Crippen LogP contribution in [-0.2, 0) is 4.79 Å². The molecule has 0 spiro atoms. The van der Waals surface area contributed by atoms with Crippen LogP contribution in [0, 0.1) is 5.92 Å². The van der Waals surface area contributed by atoms with Gasteiger partial charge in [0.25, 0.3) is 0 Å². The topological polar surface area (TPSA) is 94.0 Å². The highest BCUT2D eigenvalue weighted by molar-refractivity contribution is 5.73. The van der Waals surface area contributed by atoms with Crippen molar-refractivity contribution in [2.24, 2.45) is 5.92 Å². The molecule has 1 fully saturated rings. The van der Waals surface area contributed by atoms with Gasteiger partial charge in [-0.3, -0.25) is 9.48 Å². The van der Waals surface area contributed by atoms with Gasteiger partial charge in [0.2, 0.25) is 17.7 Å². The molecule has 0 radical (unpaired) electrons. The zero-order valence-corrected chi connectivity index (χ0v) is 16.2. The number of nitrogens with one attached hydrogen (secondary N) is 2. The maximum absolute atomic E-state index is 11.1. The third kappa shape index (κ3) is 5.67. The van der Waals surface area contributed by atoms with Gasteiger partial charge in [0.15, 0.2) is 0 Å². The summed E-state index contributed by atoms with van der Waals surface area (Å²) >= 11 is 0. The lowest BCUT2D eigenvalue weighted by Gasteiger charge is -2.28. The van der Waals surface area contributed by atoms with Crippen LogP contribution < -0.4 is 15.4 Å². The Morgan fingerprint density at radius 1 is 1.33 bits per heavy atom. The standard InChI is InChI=1S/C19H28N6O2/c1-13(2)25-11-17(10-21-25)23-19-20-9-8-18(24-19)27-12-15-4-6-16(7-5-15)22-14(3)26/h8-11,13,15-16H,4-7,12H2,1-3H3,(H,22,26)(H,20,23,24)/t15-,16-. The normalized spacial score (nSPS) is 19.7. The Kier molecular flexibility index (Phi) is 6.26. The number of amides is 1. The minimum atomic E-state index is 0.0506. The average molecular weight is 372 g/mol. The second kappa shape index (κ2) is 8.83. The third-order valence-electron chi connectivity index (χ3n) is 4.74. The average Bonchev–Trinajstić information content (AvgIpc) is 3.10. The Morgan fingerprint density at radius 2 is 2.11 bits per heavy atom. The molecule has 8 nitrogen and oxygen atoms in total. The van der Waals surface area contributed by atoms with Gasteiger partial charge in [0, 0.05) is 37.5 Å². The van der Waals surface area contributed by atoms with Crippen molar-refractivity contribution in [3.8, 4) is 5.88 Å². The first-order chi connectivity index (χ1) is 13.0. The lowest BCUT2D eigenvalue weighted by molar-refractivity contribution is -0.119. The molecule has 0 unspecified atom stereocenters. The van der Waals surface area contributed by atoms with E-state index in [0.717, 1.165) is 31.4 Å². The number of hydrogen-bond acceptors (Lipinski definition) is 6. The molecule has 2 heterocycles. The van der Waals surface area contributed by atoms with E-state index in [9.17, 15) is 4.79 Å². The van der Waals surface area contributed by atoms with Crippen LogP contribution in [0.3, 0.4) is 0 Å². The third-order valence-corrected chi connectivity index (χ3v) is 4.74. The molecular formula is C19H28N6O2. The van der Waals surface area contributed by atoms with Crippen LogP contribution in [0.15, 0.2) is 24.7 Å². The Morgan fingerprint density at radius 3 is 2.78 bits per heavy atom. The van der Waals surface area contributed by atoms with E-state index in [0.29, 0.717) is 36.4 Å². The van der Waals surface area contributed by atoms with Crippen LogP contribution >= 0.6 is 0 Å². The zero-order valence-electron chi connectivity index (χ0n) is 16.2. The van der Waals surface area contributed by atoms with Gasteiger partial charge >= 0.3 is 0 Å². The number of carbonyl (C=O) groups excluding carboxylic acids is 1. The van der Waals surface area contributed by atoms with Crippen LogP contribution in [0.4, 0.5) is 11.6 Å². The number of rotatable bonds is 7. The summed E-state index contributed by atoms with van der Waals surface area (Å²) in [4.78, 5) is 19.8. The van der Waals surface area contributed by atoms with E-state index in [1.807, 2.05) is 10.9 Å². The summed E-state index contributed by atoms with van der Waals surface area (Å²) < 4.78 is 7.76. The number of carbonyl (C=O) groups is 1. The van der Waals surface area contributed by atoms with Gasteiger partial charge in [-0.05, 0) is 45.4 Å². The highest BCUT2D eigenvalue weighted by atomic mass is 16.5. The zero-order chi connectivity index (χ0) is 19.2. The molecule has 2 aromatic heterocycles. The monoisotopic (exact) mass is 372 g/mol. The van der Waals surface area contributed by atoms with Crippen molar-refractivity contribution in [1.82, 2.24) is 25.1 Å². The molecule has 0 aliphatic heterocycles. The molecule has 27 heavy (non-hydrogen) atoms. The fourth-order valence-corrected chi connectivity index (χ4v) is 3.26. The maximum Gasteiger partial charge on any atom is 0.230 e. The minimum Gasteiger partial charge on any atom is -0.477 e. The van der Waals surface area contributed by atoms with Crippen LogP contribution in [0.25, 0.3) is 0 Å². The summed E-state index contributed by atoms with van der Waals surface area (Å²) in [5.74, 6) is 1.60. The minimum absolute atomic E-state index is 0.0506. The smallest absolute Gasteiger partial charge is 0.230 e. The van der Waals surface area contributed by atoms with Gasteiger partial charge in [-0.1, -0.05) is 0 Å². The highest BCUT2D eigenvalue weighted by Gasteiger charge is 2.22. The molecule has 3 rings (SSSR count). The predicted molar refractivity (Wildman–Crippen MR) is 103 cm³/mol. The molecule has 8 heteroatoms. The molecule has 146 valence electrons. The Labute approximate surface area is 159 Å². The SMILES string of the molecule is CC(=O)N[C@H]1CC[C@H](COc2ccnc(Nc3cnn(C(C)C)c3)n2)CC1. The van der Waals surface area contributed by atoms with E-state index in [1.165, 1.54) is 0 Å². The van der Waals surface area contributed by atoms with E-state index >= 15 is 0 Å². The van der Waals surface area contributed by atoms with E-state index in [2.05, 4.69) is 39.5 Å². The molecule has 1 amide bonds. The van der Waals surface area contributed by atoms with Gasteiger partial charge in [-0.2, -0.15) is 10.1 Å². The fraction of sp³-hybridized carbons (Fsp3) is 0.579. The number of aromatic nitrogens is 4. The summed E-state index contributed by atoms with van der Waals surface area (Å²) in [6.07, 6.45) is 9.48. The molecule has 0 aromatic carbocycles. The summed E-state index contributed by atoms with van der Waals surface area (Å²) in [6.45, 7) is 6.36. The lowest BCUT2D eigenvalue weighted by atomic mass is 9.86. The summed E-state index contributed by atoms with van der Waals surface area (Å²) in [7, 11) is 0. The molecule has 0 atom stereocenters. The van der Waals surface area contributed by atoms with Crippen molar-refractivity contribution >= 4 is 17.5 Å². The first-order valence-corrected chi connectivity index (χ1v) is 9.53. The quantitative estimate of drug-likeness (QED) is 0.776. The highest BCUT2D eigenvalue weighted by Crippen LogP contribution is 2.25. The molecule has 0 bridgehead atoms. The summed E-state index contributed by atoms with van der Waals surface area (Å²) in [5.41, 5.74) is 0.845. The van der Waals surface area contributed by atoms with Gasteiger partial charge in [-0.15, -0.1) is 0 Å². The van der Waals surface area contributed by atoms with E-state index < -0.39 is 0 Å². The van der Waals surface area contributed by atoms with Gasteiger partial charge in [-0.25, -0.2) is 4.98 Å². The van der Waals surface area contributed by atoms with Crippen molar-refractivity contribution in [3.05, 3.63) is 24.7 Å². The first-order valence-electron chi connectivity index (χ1n) is 9.53. The largest absolute Gasteiger partial charge is 0.477 e. The number of hydrogen-bond donors (Lipinski definition) is 2. The lowest BCUT2D eigenvalue weighted by Crippen LogP contribution is -2.37. The molecule has 1 saturated carbocycles. The van der Waals surface area contributed by atoms with E-state index in [-0.39, 0.29) is 5.91 Å². The van der Waals surface area contributed by atoms with E-state index in [4.69, 9.17) is 4.74 Å². The summed E-state index contributed by atoms with van der Waals surface area (Å²) in [5, 5.41) is 10.5. The number of ether oxygens (including phenoxy) is 1. The van der Waals surface area contributed by atoms with Crippen LogP contribution in [0.1, 0.15) is 52.5 Å². The first kappa shape index (κ1) is 19.1. The predicted octanol–water partition coefficient (Wildman–Crippen LogP) is 3.07. The number of anilines is 2. The summed E-state index contributed by atoms with van der Waals surface area (Å²) in [6, 6.07) is 2.38. The second-order valence-electron chi connectivity index (χ2n) is 7.38. The Hall–Kier alpha value is -2.64. The molecule has 0 saturated heterocycles. The molecule has 2 aromatic rings. The molecule has 2 N–H and O–H groups in total. The molecule has 1 aliphatic carbocycles. The van der Waals surface area contributed by atoms with Gasteiger partial charge < -0.3 is 15.4 Å². The Balaban J connectivity index is 1.48. The van der Waals surface area contributed by atoms with Crippen molar-refractivity contribution in [1.29, 1.82) is 0 Å². The number of nitrogens with zero attached hydrogens (tertiary/aromatic N) is 4. The van der Waals surface area contributed by atoms with Crippen LogP contribution in [0.2, 0.25) is 0 Å². The van der Waals surface area contributed by atoms with Crippen LogP contribution in [0.5, 0.6) is 5.88 Å². The van der Waals surface area contributed by atoms with Gasteiger partial charge in [0.1, 0.15) is 0 Å². The van der Waals surface area contributed by atoms with Crippen molar-refractivity contribution in [2.45, 2.75) is 58.5 Å².